The second-order valence-electron chi connectivity index (χ2n) is 6.27. The van der Waals surface area contributed by atoms with E-state index in [2.05, 4.69) is 22.4 Å². The molecular formula is C18H21N3O3. The summed E-state index contributed by atoms with van der Waals surface area (Å²) in [5.74, 6) is 0.216. The van der Waals surface area contributed by atoms with Gasteiger partial charge >= 0.3 is 0 Å². The van der Waals surface area contributed by atoms with E-state index in [1.807, 2.05) is 30.9 Å². The van der Waals surface area contributed by atoms with Gasteiger partial charge in [0.1, 0.15) is 6.26 Å². The van der Waals surface area contributed by atoms with Crippen LogP contribution in [-0.2, 0) is 24.3 Å². The molecule has 24 heavy (non-hydrogen) atoms. The Bertz CT molecular complexity index is 726. The molecule has 3 rings (SSSR count). The summed E-state index contributed by atoms with van der Waals surface area (Å²) < 4.78 is 5.30. The van der Waals surface area contributed by atoms with Gasteiger partial charge in [0.15, 0.2) is 11.6 Å². The molecule has 0 bridgehead atoms. The third-order valence-electron chi connectivity index (χ3n) is 3.95. The second-order valence-corrected chi connectivity index (χ2v) is 6.27. The van der Waals surface area contributed by atoms with Crippen LogP contribution >= 0.6 is 0 Å². The van der Waals surface area contributed by atoms with Crippen molar-refractivity contribution in [1.29, 1.82) is 0 Å². The van der Waals surface area contributed by atoms with Crippen molar-refractivity contribution in [3.63, 3.8) is 0 Å². The number of benzene rings is 1. The number of oxazole rings is 1. The minimum absolute atomic E-state index is 0.0380. The third kappa shape index (κ3) is 3.64. The first-order chi connectivity index (χ1) is 11.5. The maximum atomic E-state index is 12.4. The van der Waals surface area contributed by atoms with Gasteiger partial charge in [-0.2, -0.15) is 0 Å². The Morgan fingerprint density at radius 2 is 1.92 bits per heavy atom. The van der Waals surface area contributed by atoms with Gasteiger partial charge in [-0.15, -0.1) is 0 Å². The highest BCUT2D eigenvalue weighted by atomic mass is 16.3. The van der Waals surface area contributed by atoms with Crippen molar-refractivity contribution in [3.8, 4) is 0 Å². The van der Waals surface area contributed by atoms with Gasteiger partial charge < -0.3 is 14.6 Å². The lowest BCUT2D eigenvalue weighted by molar-refractivity contribution is -0.131. The van der Waals surface area contributed by atoms with Crippen molar-refractivity contribution in [2.45, 2.75) is 45.8 Å². The molecule has 1 aliphatic heterocycles. The van der Waals surface area contributed by atoms with Crippen molar-refractivity contribution in [2.24, 2.45) is 0 Å². The number of carbonyl (C=O) groups excluding carboxylic acids is 2. The zero-order valence-electron chi connectivity index (χ0n) is 13.9. The predicted octanol–water partition coefficient (Wildman–Crippen LogP) is 2.29. The number of aromatic nitrogens is 1. The Labute approximate surface area is 140 Å². The van der Waals surface area contributed by atoms with Crippen molar-refractivity contribution >= 4 is 11.8 Å². The van der Waals surface area contributed by atoms with Gasteiger partial charge in [-0.25, -0.2) is 4.98 Å². The Morgan fingerprint density at radius 1 is 1.25 bits per heavy atom. The van der Waals surface area contributed by atoms with E-state index in [1.165, 1.54) is 17.4 Å². The summed E-state index contributed by atoms with van der Waals surface area (Å²) in [6, 6.07) is 8.12. The molecule has 1 aliphatic rings. The third-order valence-corrected chi connectivity index (χ3v) is 3.95. The van der Waals surface area contributed by atoms with Gasteiger partial charge in [-0.05, 0) is 25.0 Å². The summed E-state index contributed by atoms with van der Waals surface area (Å²) in [6.45, 7) is 5.07. The van der Waals surface area contributed by atoms with Crippen molar-refractivity contribution in [3.05, 3.63) is 53.2 Å². The molecule has 1 N–H and O–H groups in total. The van der Waals surface area contributed by atoms with Gasteiger partial charge in [0, 0.05) is 32.0 Å². The van der Waals surface area contributed by atoms with E-state index in [4.69, 9.17) is 4.42 Å². The number of amides is 2. The van der Waals surface area contributed by atoms with Gasteiger partial charge in [0.2, 0.25) is 5.91 Å². The molecule has 0 radical (unpaired) electrons. The van der Waals surface area contributed by atoms with Gasteiger partial charge in [0.05, 0.1) is 0 Å². The Balaban J connectivity index is 1.52. The van der Waals surface area contributed by atoms with Gasteiger partial charge in [-0.1, -0.05) is 24.3 Å². The van der Waals surface area contributed by atoms with Crippen LogP contribution in [0.25, 0.3) is 0 Å². The molecule has 2 aromatic rings. The highest BCUT2D eigenvalue weighted by Gasteiger charge is 2.23. The number of carbonyl (C=O) groups is 2. The van der Waals surface area contributed by atoms with E-state index in [-0.39, 0.29) is 23.6 Å². The summed E-state index contributed by atoms with van der Waals surface area (Å²) in [5, 5.41) is 2.76. The van der Waals surface area contributed by atoms with Crippen LogP contribution in [-0.4, -0.2) is 27.7 Å². The van der Waals surface area contributed by atoms with Crippen LogP contribution in [0.2, 0.25) is 0 Å². The molecule has 126 valence electrons. The fourth-order valence-corrected chi connectivity index (χ4v) is 2.75. The van der Waals surface area contributed by atoms with E-state index in [9.17, 15) is 9.59 Å². The fraction of sp³-hybridized carbons (Fsp3) is 0.389. The molecule has 0 spiro atoms. The molecule has 1 aromatic carbocycles. The number of nitrogens with zero attached hydrogens (tertiary/aromatic N) is 2. The van der Waals surface area contributed by atoms with E-state index in [1.54, 1.807) is 0 Å². The molecule has 6 nitrogen and oxygen atoms in total. The van der Waals surface area contributed by atoms with Crippen LogP contribution in [0.1, 0.15) is 47.8 Å². The molecule has 0 atom stereocenters. The lowest BCUT2D eigenvalue weighted by Crippen LogP contribution is -2.30. The second kappa shape index (κ2) is 6.86. The number of fused-ring (bicyclic) bond motifs is 1. The first-order valence-corrected chi connectivity index (χ1v) is 8.12. The minimum atomic E-state index is -0.263. The summed E-state index contributed by atoms with van der Waals surface area (Å²) in [5.41, 5.74) is 2.66. The average Bonchev–Trinajstić information content (AvgIpc) is 3.18. The number of aryl methyl sites for hydroxylation is 1. The van der Waals surface area contributed by atoms with Gasteiger partial charge in [-0.3, -0.25) is 9.59 Å². The highest BCUT2D eigenvalue weighted by molar-refractivity contribution is 5.92. The molecule has 2 amide bonds. The normalized spacial score (nSPS) is 13.2. The molecule has 6 heteroatoms. The van der Waals surface area contributed by atoms with Crippen molar-refractivity contribution < 1.29 is 14.0 Å². The highest BCUT2D eigenvalue weighted by Crippen LogP contribution is 2.23. The summed E-state index contributed by atoms with van der Waals surface area (Å²) in [7, 11) is 0. The maximum absolute atomic E-state index is 12.4. The number of hydrogen-bond acceptors (Lipinski definition) is 4. The molecule has 1 aromatic heterocycles. The topological polar surface area (TPSA) is 75.4 Å². The van der Waals surface area contributed by atoms with E-state index in [0.717, 1.165) is 0 Å². The Morgan fingerprint density at radius 3 is 2.54 bits per heavy atom. The van der Waals surface area contributed by atoms with E-state index in [0.29, 0.717) is 31.8 Å². The Kier molecular flexibility index (Phi) is 4.64. The van der Waals surface area contributed by atoms with E-state index < -0.39 is 0 Å². The lowest BCUT2D eigenvalue weighted by Gasteiger charge is -2.14. The summed E-state index contributed by atoms with van der Waals surface area (Å²) >= 11 is 0. The summed E-state index contributed by atoms with van der Waals surface area (Å²) in [6.07, 6.45) is 2.05. The first kappa shape index (κ1) is 16.2. The smallest absolute Gasteiger partial charge is 0.273 e. The van der Waals surface area contributed by atoms with Crippen LogP contribution in [0.4, 0.5) is 0 Å². The molecule has 0 aliphatic carbocycles. The molecule has 0 saturated carbocycles. The quantitative estimate of drug-likeness (QED) is 0.914. The standard InChI is InChI=1S/C18H21N3O3/c1-12(2)19-18(23)15-11-24-16(20-15)7-8-17(22)21-9-13-5-3-4-6-14(13)10-21/h3-6,11-12H,7-10H2,1-2H3,(H,19,23). The number of nitrogens with one attached hydrogen (secondary N) is 1. The fourth-order valence-electron chi connectivity index (χ4n) is 2.75. The molecule has 0 unspecified atom stereocenters. The number of hydrogen-bond donors (Lipinski definition) is 1. The maximum Gasteiger partial charge on any atom is 0.273 e. The van der Waals surface area contributed by atoms with Crippen LogP contribution in [0.15, 0.2) is 34.9 Å². The molecule has 0 saturated heterocycles. The minimum Gasteiger partial charge on any atom is -0.448 e. The molecular weight excluding hydrogens is 306 g/mol. The van der Waals surface area contributed by atoms with E-state index >= 15 is 0 Å². The van der Waals surface area contributed by atoms with Crippen LogP contribution < -0.4 is 5.32 Å². The average molecular weight is 327 g/mol. The van der Waals surface area contributed by atoms with Crippen molar-refractivity contribution in [2.75, 3.05) is 0 Å². The SMILES string of the molecule is CC(C)NC(=O)c1coc(CCC(=O)N2Cc3ccccc3C2)n1. The Hall–Kier alpha value is -2.63. The van der Waals surface area contributed by atoms with Crippen molar-refractivity contribution in [1.82, 2.24) is 15.2 Å². The lowest BCUT2D eigenvalue weighted by atomic mass is 10.1. The van der Waals surface area contributed by atoms with Crippen LogP contribution in [0.3, 0.4) is 0 Å². The monoisotopic (exact) mass is 327 g/mol. The molecule has 0 fully saturated rings. The number of rotatable bonds is 5. The zero-order valence-corrected chi connectivity index (χ0v) is 13.9. The van der Waals surface area contributed by atoms with Gasteiger partial charge in [0.25, 0.3) is 5.91 Å². The molecule has 2 heterocycles. The van der Waals surface area contributed by atoms with Crippen LogP contribution in [0.5, 0.6) is 0 Å². The van der Waals surface area contributed by atoms with Crippen LogP contribution in [0, 0.1) is 0 Å². The predicted molar refractivity (Wildman–Crippen MR) is 88.1 cm³/mol. The largest absolute Gasteiger partial charge is 0.448 e. The zero-order chi connectivity index (χ0) is 17.1. The first-order valence-electron chi connectivity index (χ1n) is 8.12. The summed E-state index contributed by atoms with van der Waals surface area (Å²) in [4.78, 5) is 30.2.